The van der Waals surface area contributed by atoms with Crippen molar-refractivity contribution in [1.82, 2.24) is 40.1 Å². The van der Waals surface area contributed by atoms with Gasteiger partial charge in [-0.1, -0.05) is 24.8 Å². The minimum absolute atomic E-state index is 0.0543. The van der Waals surface area contributed by atoms with Gasteiger partial charge in [0, 0.05) is 88.9 Å². The van der Waals surface area contributed by atoms with E-state index in [0.29, 0.717) is 13.2 Å². The van der Waals surface area contributed by atoms with Gasteiger partial charge in [-0.2, -0.15) is 17.4 Å². The molecular formula is C55H74N8O21S. The molecular weight excluding hydrogens is 1140 g/mol. The fourth-order valence-corrected chi connectivity index (χ4v) is 12.7. The molecule has 2 aromatic carbocycles. The minimum atomic E-state index is -4.00. The number of ketones is 2. The number of ether oxygens (including phenoxy) is 8. The first-order valence-corrected chi connectivity index (χ1v) is 29.3. The van der Waals surface area contributed by atoms with Gasteiger partial charge in [-0.05, 0) is 46.6 Å². The van der Waals surface area contributed by atoms with Gasteiger partial charge in [0.25, 0.3) is 16.1 Å². The first-order valence-electron chi connectivity index (χ1n) is 27.8. The average Bonchev–Trinajstić information content (AvgIpc) is 2.00. The molecule has 0 bridgehead atoms. The van der Waals surface area contributed by atoms with Crippen LogP contribution < -0.4 is 30.7 Å². The fourth-order valence-electron chi connectivity index (χ4n) is 11.5. The summed E-state index contributed by atoms with van der Waals surface area (Å²) >= 11 is 0. The number of fused-ring (bicyclic) bond motifs is 6. The largest absolute Gasteiger partial charge is 0.507 e. The van der Waals surface area contributed by atoms with Crippen LogP contribution in [0.5, 0.6) is 17.2 Å². The molecule has 0 aromatic heterocycles. The number of phenolic OH excluding ortho intramolecular Hbond substituents is 2. The molecule has 0 saturated carbocycles. The summed E-state index contributed by atoms with van der Waals surface area (Å²) in [6, 6.07) is 0.494. The Morgan fingerprint density at radius 2 is 1.59 bits per heavy atom. The van der Waals surface area contributed by atoms with E-state index in [4.69, 9.17) is 37.9 Å². The summed E-state index contributed by atoms with van der Waals surface area (Å²) in [5, 5.41) is 46.7. The lowest BCUT2D eigenvalue weighted by Gasteiger charge is -2.44. The van der Waals surface area contributed by atoms with E-state index < -0.39 is 173 Å². The van der Waals surface area contributed by atoms with Gasteiger partial charge in [0.15, 0.2) is 24.6 Å². The topological polar surface area (TPSA) is 375 Å². The molecule has 30 heteroatoms. The third kappa shape index (κ3) is 13.6. The number of hydrogen-bond donors (Lipinski definition) is 8. The second-order valence-corrected chi connectivity index (χ2v) is 23.5. The maximum absolute atomic E-state index is 14.5. The summed E-state index contributed by atoms with van der Waals surface area (Å²) < 4.78 is 75.1. The Labute approximate surface area is 490 Å². The predicted octanol–water partition coefficient (Wildman–Crippen LogP) is -1.51. The van der Waals surface area contributed by atoms with Crippen molar-refractivity contribution in [3.05, 3.63) is 64.2 Å². The summed E-state index contributed by atoms with van der Waals surface area (Å²) in [5.41, 5.74) is -4.05. The van der Waals surface area contributed by atoms with Crippen LogP contribution in [-0.2, 0) is 78.6 Å². The van der Waals surface area contributed by atoms with Crippen molar-refractivity contribution in [3.8, 4) is 17.2 Å². The Bertz CT molecular complexity index is 3050. The highest BCUT2D eigenvalue weighted by Crippen LogP contribution is 2.53. The first-order chi connectivity index (χ1) is 40.3. The molecule has 4 aliphatic heterocycles. The van der Waals surface area contributed by atoms with Gasteiger partial charge in [0.05, 0.1) is 48.5 Å². The van der Waals surface area contributed by atoms with E-state index in [-0.39, 0.29) is 86.1 Å². The Hall–Kier alpha value is -6.71. The number of nitrogens with zero attached hydrogens (tertiary/aromatic N) is 3. The molecule has 5 amide bonds. The van der Waals surface area contributed by atoms with Gasteiger partial charge in [0.1, 0.15) is 67.0 Å². The second-order valence-electron chi connectivity index (χ2n) is 21.7. The number of morpholine rings is 1. The zero-order valence-electron chi connectivity index (χ0n) is 48.2. The normalized spacial score (nSPS) is 26.0. The van der Waals surface area contributed by atoms with E-state index in [2.05, 4.69) is 37.5 Å². The standard InChI is InChI=1S/C55H74N8O21S/c1-9-20-80-52(72)31-13-16-62(17-14-31)85(75,76)57-26-79-25-37(64)58-28(3)49(70)60-29(4)50(71)59-27(2)48(69)56-15-18-61(6)54(73)55(74)23-33-40(46(68)42-41(44(33)66)43(65)32-11-10-12-35(77-7)39(32)45(42)67)36(24-55)83-38-22-34-47(30(5)82-38)84-51-53(78-8)81-21-19-63(34)51/h9-12,27-31,34,36,38,47,51,53,57,66,68,74H,1,13-26H2,2-8H3,(H,56,69)(H,58,64)(H,59,71)(H,60,70)/t27-,28-,29-,30-,34-,36-,38-,47+,51+,53-,55-/m0/s1. The fraction of sp³-hybridized carbons (Fsp3) is 0.600. The summed E-state index contributed by atoms with van der Waals surface area (Å²) in [6.45, 7) is 8.74. The third-order valence-corrected chi connectivity index (χ3v) is 17.5. The molecule has 11 atom stereocenters. The lowest BCUT2D eigenvalue weighted by atomic mass is 9.72. The van der Waals surface area contributed by atoms with E-state index in [1.54, 1.807) is 6.92 Å². The number of nitrogens with one attached hydrogen (secondary N) is 5. The molecule has 2 aliphatic carbocycles. The number of likely N-dealkylation sites (N-methyl/N-ethyl adjacent to an activating group) is 1. The van der Waals surface area contributed by atoms with Crippen molar-refractivity contribution in [1.29, 1.82) is 0 Å². The van der Waals surface area contributed by atoms with E-state index in [0.717, 1.165) is 9.21 Å². The molecule has 6 aliphatic rings. The van der Waals surface area contributed by atoms with Gasteiger partial charge in [-0.15, -0.1) is 0 Å². The first kappa shape index (κ1) is 64.3. The van der Waals surface area contributed by atoms with Gasteiger partial charge < -0.3 is 79.4 Å². The monoisotopic (exact) mass is 1210 g/mol. The number of esters is 1. The second kappa shape index (κ2) is 26.9. The van der Waals surface area contributed by atoms with Crippen molar-refractivity contribution in [2.75, 3.05) is 80.5 Å². The van der Waals surface area contributed by atoms with E-state index in [1.807, 2.05) is 0 Å². The Balaban J connectivity index is 0.844. The SMILES string of the molecule is C=CCOC(=O)C1CCN(S(=O)(=O)NCOCC(=O)N[C@@H](C)C(=O)N[C@@H](C)C(=O)N[C@@H](C)C(=O)NCCN(C)C(=O)[C@]2(O)Cc3c(O)c4c(c(O)c3[C@@H](O[C@H]3C[C@H]5[C@H](O[C@@H]6[C@@H](OC)OCCN65)[C@H](C)O3)C2)C(=O)c2c(OC)cccc2C4=O)CC1. The number of benzene rings is 2. The maximum atomic E-state index is 14.5. The van der Waals surface area contributed by atoms with Crippen molar-refractivity contribution >= 4 is 57.3 Å². The highest BCUT2D eigenvalue weighted by molar-refractivity contribution is 7.87. The van der Waals surface area contributed by atoms with Crippen LogP contribution in [0.15, 0.2) is 30.9 Å². The molecule has 0 radical (unpaired) electrons. The van der Waals surface area contributed by atoms with Gasteiger partial charge in [-0.3, -0.25) is 43.3 Å². The van der Waals surface area contributed by atoms with Crippen molar-refractivity contribution in [2.45, 2.75) is 127 Å². The number of amides is 5. The summed E-state index contributed by atoms with van der Waals surface area (Å²) in [7, 11) is 0.168. The molecule has 85 heavy (non-hydrogen) atoms. The van der Waals surface area contributed by atoms with Gasteiger partial charge in [-0.25, -0.2) is 0 Å². The molecule has 2 aromatic rings. The Morgan fingerprint density at radius 3 is 2.26 bits per heavy atom. The zero-order valence-corrected chi connectivity index (χ0v) is 49.0. The molecule has 0 unspecified atom stereocenters. The molecule has 466 valence electrons. The molecule has 4 saturated heterocycles. The van der Waals surface area contributed by atoms with E-state index >= 15 is 0 Å². The number of piperidine rings is 1. The van der Waals surface area contributed by atoms with Crippen LogP contribution in [0.1, 0.15) is 102 Å². The number of carbonyl (C=O) groups is 8. The summed E-state index contributed by atoms with van der Waals surface area (Å²) in [4.78, 5) is 110. The third-order valence-electron chi connectivity index (χ3n) is 16.0. The minimum Gasteiger partial charge on any atom is -0.507 e. The molecule has 4 heterocycles. The Kier molecular flexibility index (Phi) is 20.4. The quantitative estimate of drug-likeness (QED) is 0.0176. The van der Waals surface area contributed by atoms with Crippen LogP contribution >= 0.6 is 0 Å². The number of hydrogen-bond acceptors (Lipinski definition) is 22. The van der Waals surface area contributed by atoms with Crippen molar-refractivity contribution in [2.24, 2.45) is 5.92 Å². The van der Waals surface area contributed by atoms with Gasteiger partial charge in [0.2, 0.25) is 29.4 Å². The molecule has 8 N–H and O–H groups in total. The summed E-state index contributed by atoms with van der Waals surface area (Å²) in [5.74, 6) is -7.83. The van der Waals surface area contributed by atoms with Crippen molar-refractivity contribution < 1.29 is 100.0 Å². The predicted molar refractivity (Wildman–Crippen MR) is 293 cm³/mol. The average molecular weight is 1220 g/mol. The number of aliphatic hydroxyl groups is 1. The highest BCUT2D eigenvalue weighted by Gasteiger charge is 2.56. The lowest BCUT2D eigenvalue weighted by Crippen LogP contribution is -2.56. The number of phenols is 2. The number of aromatic hydroxyl groups is 2. The van der Waals surface area contributed by atoms with E-state index in [1.165, 1.54) is 66.3 Å². The van der Waals surface area contributed by atoms with Crippen LogP contribution in [0.3, 0.4) is 0 Å². The van der Waals surface area contributed by atoms with Crippen LogP contribution in [0.25, 0.3) is 0 Å². The summed E-state index contributed by atoms with van der Waals surface area (Å²) in [6.07, 6.45) is -3.79. The molecule has 29 nitrogen and oxygen atoms in total. The van der Waals surface area contributed by atoms with E-state index in [9.17, 15) is 62.1 Å². The Morgan fingerprint density at radius 1 is 0.918 bits per heavy atom. The van der Waals surface area contributed by atoms with Crippen LogP contribution in [0, 0.1) is 5.92 Å². The van der Waals surface area contributed by atoms with Crippen LogP contribution in [-0.4, -0.2) is 226 Å². The molecule has 0 spiro atoms. The number of rotatable bonds is 23. The lowest BCUT2D eigenvalue weighted by molar-refractivity contribution is -0.256. The molecule has 8 rings (SSSR count). The van der Waals surface area contributed by atoms with Crippen LogP contribution in [0.2, 0.25) is 0 Å². The van der Waals surface area contributed by atoms with Crippen molar-refractivity contribution in [3.63, 3.8) is 0 Å². The number of carbonyl (C=O) groups excluding carboxylic acids is 8. The number of methoxy groups -OCH3 is 2. The smallest absolute Gasteiger partial charge is 0.309 e. The maximum Gasteiger partial charge on any atom is 0.309 e. The molecule has 4 fully saturated rings. The highest BCUT2D eigenvalue weighted by atomic mass is 32.2. The van der Waals surface area contributed by atoms with Crippen LogP contribution in [0.4, 0.5) is 0 Å². The van der Waals surface area contributed by atoms with Gasteiger partial charge >= 0.3 is 5.97 Å². The zero-order chi connectivity index (χ0) is 61.8.